The number of ether oxygens (including phenoxy) is 1. The summed E-state index contributed by atoms with van der Waals surface area (Å²) < 4.78 is 5.48. The number of benzene rings is 1. The van der Waals surface area contributed by atoms with Gasteiger partial charge in [-0.05, 0) is 38.8 Å². The number of aliphatic hydroxyl groups excluding tert-OH is 1. The minimum absolute atomic E-state index is 0.0160. The van der Waals surface area contributed by atoms with Gasteiger partial charge >= 0.3 is 0 Å². The molecule has 0 saturated carbocycles. The molecule has 1 atom stereocenters. The van der Waals surface area contributed by atoms with E-state index in [4.69, 9.17) is 9.84 Å². The third kappa shape index (κ3) is 7.47. The predicted octanol–water partition coefficient (Wildman–Crippen LogP) is 2.04. The third-order valence-corrected chi connectivity index (χ3v) is 2.74. The van der Waals surface area contributed by atoms with Gasteiger partial charge in [-0.3, -0.25) is 4.79 Å². The monoisotopic (exact) mass is 265 g/mol. The number of amides is 1. The van der Waals surface area contributed by atoms with E-state index >= 15 is 0 Å². The van der Waals surface area contributed by atoms with Crippen LogP contribution in [0.15, 0.2) is 24.3 Å². The molecule has 0 heterocycles. The lowest BCUT2D eigenvalue weighted by Crippen LogP contribution is -2.26. The van der Waals surface area contributed by atoms with E-state index in [1.165, 1.54) is 5.56 Å². The molecule has 1 amide bonds. The summed E-state index contributed by atoms with van der Waals surface area (Å²) in [6.45, 7) is 4.75. The van der Waals surface area contributed by atoms with Crippen molar-refractivity contribution >= 4 is 5.91 Å². The predicted molar refractivity (Wildman–Crippen MR) is 75.2 cm³/mol. The Morgan fingerprint density at radius 2 is 2.05 bits per heavy atom. The van der Waals surface area contributed by atoms with Crippen LogP contribution in [-0.4, -0.2) is 30.3 Å². The van der Waals surface area contributed by atoms with Gasteiger partial charge in [0.15, 0.2) is 0 Å². The summed E-state index contributed by atoms with van der Waals surface area (Å²) in [5.74, 6) is 0.769. The Morgan fingerprint density at radius 3 is 2.68 bits per heavy atom. The molecule has 1 unspecified atom stereocenters. The van der Waals surface area contributed by atoms with Crippen molar-refractivity contribution in [2.45, 2.75) is 39.2 Å². The lowest BCUT2D eigenvalue weighted by atomic mass is 10.2. The Bertz CT molecular complexity index is 373. The number of hydrogen-bond acceptors (Lipinski definition) is 3. The largest absolute Gasteiger partial charge is 0.493 e. The second kappa shape index (κ2) is 8.53. The summed E-state index contributed by atoms with van der Waals surface area (Å²) in [7, 11) is 0. The molecule has 106 valence electrons. The van der Waals surface area contributed by atoms with Gasteiger partial charge in [0.05, 0.1) is 19.1 Å². The molecule has 1 aromatic carbocycles. The molecular weight excluding hydrogens is 242 g/mol. The molecule has 19 heavy (non-hydrogen) atoms. The molecule has 1 rings (SSSR count). The van der Waals surface area contributed by atoms with Crippen LogP contribution < -0.4 is 10.1 Å². The van der Waals surface area contributed by atoms with Crippen LogP contribution in [0.5, 0.6) is 5.75 Å². The van der Waals surface area contributed by atoms with Crippen LogP contribution >= 0.6 is 0 Å². The highest BCUT2D eigenvalue weighted by Gasteiger charge is 2.02. The zero-order valence-electron chi connectivity index (χ0n) is 11.7. The molecule has 0 aliphatic rings. The van der Waals surface area contributed by atoms with E-state index in [1.54, 1.807) is 6.92 Å². The third-order valence-electron chi connectivity index (χ3n) is 2.74. The Labute approximate surface area is 114 Å². The van der Waals surface area contributed by atoms with Gasteiger partial charge in [-0.2, -0.15) is 0 Å². The van der Waals surface area contributed by atoms with Gasteiger partial charge in [0.2, 0.25) is 5.91 Å². The molecule has 0 bridgehead atoms. The summed E-state index contributed by atoms with van der Waals surface area (Å²) in [5, 5.41) is 11.9. The van der Waals surface area contributed by atoms with Gasteiger partial charge in [0, 0.05) is 6.54 Å². The molecule has 0 radical (unpaired) electrons. The molecular formula is C15H23NO3. The molecule has 0 aromatic heterocycles. The summed E-state index contributed by atoms with van der Waals surface area (Å²) in [6, 6.07) is 7.75. The maximum Gasteiger partial charge on any atom is 0.223 e. The van der Waals surface area contributed by atoms with Crippen molar-refractivity contribution in [3.63, 3.8) is 0 Å². The lowest BCUT2D eigenvalue weighted by Gasteiger charge is -2.08. The molecule has 2 N–H and O–H groups in total. The summed E-state index contributed by atoms with van der Waals surface area (Å²) in [5.41, 5.74) is 1.18. The first-order valence-corrected chi connectivity index (χ1v) is 6.72. The zero-order valence-corrected chi connectivity index (χ0v) is 11.7. The molecule has 1 aromatic rings. The number of rotatable bonds is 8. The Hall–Kier alpha value is -1.55. The average Bonchev–Trinajstić information content (AvgIpc) is 2.37. The van der Waals surface area contributed by atoms with Crippen LogP contribution in [0.1, 0.15) is 31.7 Å². The van der Waals surface area contributed by atoms with Crippen molar-refractivity contribution in [1.82, 2.24) is 5.32 Å². The molecule has 0 aliphatic carbocycles. The molecule has 4 nitrogen and oxygen atoms in total. The number of aryl methyl sites for hydroxylation is 1. The van der Waals surface area contributed by atoms with Crippen molar-refractivity contribution in [3.8, 4) is 5.75 Å². The number of aliphatic hydroxyl groups is 1. The van der Waals surface area contributed by atoms with Gasteiger partial charge in [-0.15, -0.1) is 0 Å². The smallest absolute Gasteiger partial charge is 0.223 e. The fraction of sp³-hybridized carbons (Fsp3) is 0.533. The lowest BCUT2D eigenvalue weighted by molar-refractivity contribution is -0.121. The highest BCUT2D eigenvalue weighted by molar-refractivity contribution is 5.75. The van der Waals surface area contributed by atoms with Crippen LogP contribution in [0.25, 0.3) is 0 Å². The number of nitrogens with one attached hydrogen (secondary N) is 1. The van der Waals surface area contributed by atoms with Crippen LogP contribution in [-0.2, 0) is 4.79 Å². The number of carbonyl (C=O) groups is 1. The Balaban J connectivity index is 2.08. The highest BCUT2D eigenvalue weighted by atomic mass is 16.5. The zero-order chi connectivity index (χ0) is 14.1. The van der Waals surface area contributed by atoms with E-state index in [0.29, 0.717) is 26.0 Å². The second-order valence-corrected chi connectivity index (χ2v) is 4.75. The number of carbonyl (C=O) groups excluding carboxylic acids is 1. The van der Waals surface area contributed by atoms with Crippen LogP contribution in [0.3, 0.4) is 0 Å². The molecule has 0 spiro atoms. The first kappa shape index (κ1) is 15.5. The average molecular weight is 265 g/mol. The minimum atomic E-state index is -0.304. The summed E-state index contributed by atoms with van der Waals surface area (Å²) in [4.78, 5) is 11.5. The van der Waals surface area contributed by atoms with E-state index in [2.05, 4.69) is 5.32 Å². The normalized spacial score (nSPS) is 11.9. The van der Waals surface area contributed by atoms with Gasteiger partial charge in [0.25, 0.3) is 0 Å². The fourth-order valence-electron chi connectivity index (χ4n) is 1.61. The van der Waals surface area contributed by atoms with E-state index in [1.807, 2.05) is 31.2 Å². The quantitative estimate of drug-likeness (QED) is 0.707. The topological polar surface area (TPSA) is 58.6 Å². The summed E-state index contributed by atoms with van der Waals surface area (Å²) >= 11 is 0. The van der Waals surface area contributed by atoms with E-state index in [0.717, 1.165) is 12.2 Å². The number of hydrogen-bond donors (Lipinski definition) is 2. The van der Waals surface area contributed by atoms with E-state index < -0.39 is 0 Å². The SMILES string of the molecule is Cc1ccc(OCCC(=O)NCCCC(C)O)cc1. The minimum Gasteiger partial charge on any atom is -0.493 e. The van der Waals surface area contributed by atoms with E-state index in [9.17, 15) is 4.79 Å². The molecule has 0 fully saturated rings. The molecule has 4 heteroatoms. The molecule has 0 aliphatic heterocycles. The molecule has 0 saturated heterocycles. The van der Waals surface area contributed by atoms with Crippen molar-refractivity contribution in [3.05, 3.63) is 29.8 Å². The Kier molecular flexibility index (Phi) is 6.97. The summed E-state index contributed by atoms with van der Waals surface area (Å²) in [6.07, 6.45) is 1.55. The fourth-order valence-corrected chi connectivity index (χ4v) is 1.61. The maximum atomic E-state index is 11.5. The van der Waals surface area contributed by atoms with Crippen LogP contribution in [0, 0.1) is 6.92 Å². The van der Waals surface area contributed by atoms with Crippen molar-refractivity contribution in [2.75, 3.05) is 13.2 Å². The second-order valence-electron chi connectivity index (χ2n) is 4.75. The van der Waals surface area contributed by atoms with Gasteiger partial charge in [0.1, 0.15) is 5.75 Å². The maximum absolute atomic E-state index is 11.5. The van der Waals surface area contributed by atoms with Crippen molar-refractivity contribution in [1.29, 1.82) is 0 Å². The van der Waals surface area contributed by atoms with Gasteiger partial charge in [-0.1, -0.05) is 17.7 Å². The standard InChI is InChI=1S/C15H23NO3/c1-12-5-7-14(8-6-12)19-11-9-15(18)16-10-3-4-13(2)17/h5-8,13,17H,3-4,9-11H2,1-2H3,(H,16,18). The van der Waals surface area contributed by atoms with Crippen LogP contribution in [0.4, 0.5) is 0 Å². The Morgan fingerprint density at radius 1 is 1.37 bits per heavy atom. The van der Waals surface area contributed by atoms with Crippen molar-refractivity contribution < 1.29 is 14.6 Å². The van der Waals surface area contributed by atoms with Gasteiger partial charge < -0.3 is 15.2 Å². The highest BCUT2D eigenvalue weighted by Crippen LogP contribution is 2.11. The van der Waals surface area contributed by atoms with Crippen LogP contribution in [0.2, 0.25) is 0 Å². The first-order chi connectivity index (χ1) is 9.08. The van der Waals surface area contributed by atoms with Crippen molar-refractivity contribution in [2.24, 2.45) is 0 Å². The first-order valence-electron chi connectivity index (χ1n) is 6.72. The van der Waals surface area contributed by atoms with E-state index in [-0.39, 0.29) is 12.0 Å². The van der Waals surface area contributed by atoms with Gasteiger partial charge in [-0.25, -0.2) is 0 Å².